The Bertz CT molecular complexity index is 571. The van der Waals surface area contributed by atoms with E-state index in [1.54, 1.807) is 24.3 Å². The second-order valence-electron chi connectivity index (χ2n) is 4.97. The quantitative estimate of drug-likeness (QED) is 0.719. The van der Waals surface area contributed by atoms with E-state index in [-0.39, 0.29) is 5.91 Å². The lowest BCUT2D eigenvalue weighted by Gasteiger charge is -2.20. The maximum atomic E-state index is 12.0. The molecule has 1 atom stereocenters. The largest absolute Gasteiger partial charge is 0.480 e. The van der Waals surface area contributed by atoms with Gasteiger partial charge in [0.2, 0.25) is 5.91 Å². The molecule has 6 nitrogen and oxygen atoms in total. The zero-order valence-electron chi connectivity index (χ0n) is 12.4. The van der Waals surface area contributed by atoms with Crippen LogP contribution in [0, 0.1) is 0 Å². The SMILES string of the molecule is O=C(O)CNC(=O)c1ccc(NC(=O)CC2CSCCS2)cc1. The molecule has 1 aliphatic rings. The van der Waals surface area contributed by atoms with Gasteiger partial charge in [0, 0.05) is 40.2 Å². The summed E-state index contributed by atoms with van der Waals surface area (Å²) >= 11 is 3.71. The Labute approximate surface area is 142 Å². The number of carboxylic acid groups (broad SMARTS) is 1. The highest BCUT2D eigenvalue weighted by molar-refractivity contribution is 8.06. The first-order valence-electron chi connectivity index (χ1n) is 7.14. The van der Waals surface area contributed by atoms with Crippen molar-refractivity contribution in [1.82, 2.24) is 5.32 Å². The number of hydrogen-bond donors (Lipinski definition) is 3. The Hall–Kier alpha value is -1.67. The molecule has 1 aromatic carbocycles. The Morgan fingerprint density at radius 2 is 1.91 bits per heavy atom. The van der Waals surface area contributed by atoms with Gasteiger partial charge in [-0.3, -0.25) is 14.4 Å². The van der Waals surface area contributed by atoms with E-state index in [2.05, 4.69) is 10.6 Å². The van der Waals surface area contributed by atoms with E-state index in [4.69, 9.17) is 5.11 Å². The summed E-state index contributed by atoms with van der Waals surface area (Å²) in [4.78, 5) is 34.1. The van der Waals surface area contributed by atoms with Crippen LogP contribution in [-0.2, 0) is 9.59 Å². The van der Waals surface area contributed by atoms with E-state index in [0.29, 0.717) is 22.9 Å². The second-order valence-corrected chi connectivity index (χ2v) is 7.53. The van der Waals surface area contributed by atoms with Gasteiger partial charge in [-0.05, 0) is 24.3 Å². The number of carbonyl (C=O) groups is 3. The Morgan fingerprint density at radius 1 is 1.17 bits per heavy atom. The summed E-state index contributed by atoms with van der Waals surface area (Å²) in [5.74, 6) is 1.65. The van der Waals surface area contributed by atoms with Crippen LogP contribution in [0.25, 0.3) is 0 Å². The molecule has 1 unspecified atom stereocenters. The van der Waals surface area contributed by atoms with Crippen LogP contribution in [0.4, 0.5) is 5.69 Å². The zero-order valence-corrected chi connectivity index (χ0v) is 14.0. The van der Waals surface area contributed by atoms with Crippen LogP contribution < -0.4 is 10.6 Å². The Kier molecular flexibility index (Phi) is 6.79. The molecule has 124 valence electrons. The van der Waals surface area contributed by atoms with E-state index >= 15 is 0 Å². The number of carboxylic acids is 1. The van der Waals surface area contributed by atoms with E-state index in [1.807, 2.05) is 23.5 Å². The van der Waals surface area contributed by atoms with Crippen molar-refractivity contribution in [2.24, 2.45) is 0 Å². The third-order valence-electron chi connectivity index (χ3n) is 3.13. The molecule has 0 aromatic heterocycles. The van der Waals surface area contributed by atoms with Crippen LogP contribution in [0.3, 0.4) is 0 Å². The normalized spacial score (nSPS) is 17.3. The van der Waals surface area contributed by atoms with Gasteiger partial charge in [-0.1, -0.05) is 0 Å². The summed E-state index contributed by atoms with van der Waals surface area (Å²) in [5, 5.41) is 14.0. The molecule has 2 amide bonds. The molecule has 0 saturated carbocycles. The molecular formula is C15H18N2O4S2. The number of aliphatic carboxylic acids is 1. The van der Waals surface area contributed by atoms with Crippen LogP contribution in [-0.4, -0.2) is 51.9 Å². The van der Waals surface area contributed by atoms with Gasteiger partial charge in [-0.2, -0.15) is 23.5 Å². The highest BCUT2D eigenvalue weighted by Crippen LogP contribution is 2.26. The molecule has 0 spiro atoms. The number of nitrogens with one attached hydrogen (secondary N) is 2. The third-order valence-corrected chi connectivity index (χ3v) is 5.97. The minimum atomic E-state index is -1.10. The number of hydrogen-bond acceptors (Lipinski definition) is 5. The minimum Gasteiger partial charge on any atom is -0.480 e. The van der Waals surface area contributed by atoms with Crippen molar-refractivity contribution in [2.75, 3.05) is 29.1 Å². The van der Waals surface area contributed by atoms with E-state index < -0.39 is 18.4 Å². The first kappa shape index (κ1) is 17.7. The van der Waals surface area contributed by atoms with Crippen molar-refractivity contribution in [3.05, 3.63) is 29.8 Å². The van der Waals surface area contributed by atoms with Gasteiger partial charge in [0.15, 0.2) is 0 Å². The number of rotatable bonds is 6. The van der Waals surface area contributed by atoms with Crippen molar-refractivity contribution in [1.29, 1.82) is 0 Å². The van der Waals surface area contributed by atoms with Gasteiger partial charge in [0.05, 0.1) is 0 Å². The number of benzene rings is 1. The number of carbonyl (C=O) groups excluding carboxylic acids is 2. The number of anilines is 1. The Balaban J connectivity index is 1.83. The topological polar surface area (TPSA) is 95.5 Å². The summed E-state index contributed by atoms with van der Waals surface area (Å²) in [6.45, 7) is -0.422. The van der Waals surface area contributed by atoms with Gasteiger partial charge >= 0.3 is 5.97 Å². The van der Waals surface area contributed by atoms with E-state index in [9.17, 15) is 14.4 Å². The standard InChI is InChI=1S/C15H18N2O4S2/c18-13(7-12-9-22-5-6-23-12)17-11-3-1-10(2-4-11)15(21)16-8-14(19)20/h1-4,12H,5-9H2,(H,16,21)(H,17,18)(H,19,20). The van der Waals surface area contributed by atoms with Gasteiger partial charge in [0.1, 0.15) is 6.54 Å². The van der Waals surface area contributed by atoms with Crippen molar-refractivity contribution in [3.8, 4) is 0 Å². The molecule has 0 radical (unpaired) electrons. The van der Waals surface area contributed by atoms with E-state index in [0.717, 1.165) is 17.3 Å². The first-order valence-corrected chi connectivity index (χ1v) is 9.34. The average Bonchev–Trinajstić information content (AvgIpc) is 2.54. The maximum Gasteiger partial charge on any atom is 0.322 e. The van der Waals surface area contributed by atoms with Gasteiger partial charge in [0.25, 0.3) is 5.91 Å². The lowest BCUT2D eigenvalue weighted by Crippen LogP contribution is -2.29. The monoisotopic (exact) mass is 354 g/mol. The molecule has 8 heteroatoms. The van der Waals surface area contributed by atoms with Crippen molar-refractivity contribution < 1.29 is 19.5 Å². The fraction of sp³-hybridized carbons (Fsp3) is 0.400. The predicted octanol–water partition coefficient (Wildman–Crippen LogP) is 1.68. The predicted molar refractivity (Wildman–Crippen MR) is 93.2 cm³/mol. The molecule has 0 bridgehead atoms. The molecule has 1 saturated heterocycles. The molecule has 2 rings (SSSR count). The molecule has 1 aromatic rings. The van der Waals surface area contributed by atoms with Gasteiger partial charge in [-0.15, -0.1) is 0 Å². The number of thioether (sulfide) groups is 2. The smallest absolute Gasteiger partial charge is 0.322 e. The summed E-state index contributed by atoms with van der Waals surface area (Å²) in [6.07, 6.45) is 0.485. The molecule has 23 heavy (non-hydrogen) atoms. The van der Waals surface area contributed by atoms with Gasteiger partial charge in [-0.25, -0.2) is 0 Å². The lowest BCUT2D eigenvalue weighted by molar-refractivity contribution is -0.135. The zero-order chi connectivity index (χ0) is 16.7. The van der Waals surface area contributed by atoms with Gasteiger partial charge < -0.3 is 15.7 Å². The van der Waals surface area contributed by atoms with Crippen molar-refractivity contribution in [2.45, 2.75) is 11.7 Å². The van der Waals surface area contributed by atoms with Crippen molar-refractivity contribution in [3.63, 3.8) is 0 Å². The highest BCUT2D eigenvalue weighted by Gasteiger charge is 2.18. The Morgan fingerprint density at radius 3 is 2.52 bits per heavy atom. The first-order chi connectivity index (χ1) is 11.0. The molecule has 1 heterocycles. The molecule has 0 aliphatic carbocycles. The maximum absolute atomic E-state index is 12.0. The highest BCUT2D eigenvalue weighted by atomic mass is 32.2. The van der Waals surface area contributed by atoms with Crippen LogP contribution in [0.5, 0.6) is 0 Å². The molecule has 1 aliphatic heterocycles. The van der Waals surface area contributed by atoms with Crippen LogP contribution in [0.1, 0.15) is 16.8 Å². The molecule has 3 N–H and O–H groups in total. The minimum absolute atomic E-state index is 0.0342. The molecular weight excluding hydrogens is 336 g/mol. The second kappa shape index (κ2) is 8.83. The lowest BCUT2D eigenvalue weighted by atomic mass is 10.2. The van der Waals surface area contributed by atoms with Crippen LogP contribution >= 0.6 is 23.5 Å². The van der Waals surface area contributed by atoms with Crippen LogP contribution in [0.2, 0.25) is 0 Å². The fourth-order valence-corrected chi connectivity index (χ4v) is 4.72. The average molecular weight is 354 g/mol. The summed E-state index contributed by atoms with van der Waals surface area (Å²) in [6, 6.07) is 6.38. The van der Waals surface area contributed by atoms with E-state index in [1.165, 1.54) is 0 Å². The molecule has 1 fully saturated rings. The fourth-order valence-electron chi connectivity index (χ4n) is 2.04. The third kappa shape index (κ3) is 6.15. The summed E-state index contributed by atoms with van der Waals surface area (Å²) in [5.41, 5.74) is 0.974. The van der Waals surface area contributed by atoms with Crippen molar-refractivity contribution >= 4 is 47.0 Å². The summed E-state index contributed by atoms with van der Waals surface area (Å²) in [7, 11) is 0. The van der Waals surface area contributed by atoms with Crippen LogP contribution in [0.15, 0.2) is 24.3 Å². The number of amides is 2. The summed E-state index contributed by atoms with van der Waals surface area (Å²) < 4.78 is 0.